The van der Waals surface area contributed by atoms with E-state index in [0.29, 0.717) is 58.8 Å². The minimum atomic E-state index is -0.975. The fourth-order valence-corrected chi connectivity index (χ4v) is 3.11. The van der Waals surface area contributed by atoms with Gasteiger partial charge in [0, 0.05) is 58.8 Å². The smallest absolute Gasteiger partial charge is 0.306 e. The van der Waals surface area contributed by atoms with Crippen LogP contribution in [0.3, 0.4) is 0 Å². The van der Waals surface area contributed by atoms with Gasteiger partial charge in [0.2, 0.25) is 11.8 Å². The molecule has 0 aliphatic carbocycles. The Kier molecular flexibility index (Phi) is 20.7. The summed E-state index contributed by atoms with van der Waals surface area (Å²) in [6.45, 7) is 9.11. The van der Waals surface area contributed by atoms with Gasteiger partial charge in [-0.2, -0.15) is 0 Å². The number of hydrogen-bond donors (Lipinski definition) is 3. The first-order chi connectivity index (χ1) is 17.1. The van der Waals surface area contributed by atoms with E-state index in [1.807, 2.05) is 20.8 Å². The number of amides is 2. The Bertz CT molecular complexity index is 620. The van der Waals surface area contributed by atoms with Gasteiger partial charge in [0.25, 0.3) is 0 Å². The fraction of sp³-hybridized carbons (Fsp3) is 0.846. The third kappa shape index (κ3) is 26.4. The fourth-order valence-electron chi connectivity index (χ4n) is 3.11. The SMILES string of the molecule is CC(C)(C)OC(=O)CCCCCCC(=O)NCCCOCCCCOCCCNC(=O)CCC(=O)O. The van der Waals surface area contributed by atoms with Crippen LogP contribution in [0.25, 0.3) is 0 Å². The number of carboxylic acids is 1. The molecular formula is C26H48N2O8. The predicted molar refractivity (Wildman–Crippen MR) is 137 cm³/mol. The van der Waals surface area contributed by atoms with Crippen molar-refractivity contribution in [3.8, 4) is 0 Å². The second-order valence-electron chi connectivity index (χ2n) is 9.73. The van der Waals surface area contributed by atoms with E-state index < -0.39 is 11.6 Å². The zero-order valence-electron chi connectivity index (χ0n) is 22.5. The first-order valence-corrected chi connectivity index (χ1v) is 13.2. The number of carbonyl (C=O) groups is 4. The summed E-state index contributed by atoms with van der Waals surface area (Å²) in [7, 11) is 0. The second kappa shape index (κ2) is 22.0. The second-order valence-corrected chi connectivity index (χ2v) is 9.73. The van der Waals surface area contributed by atoms with E-state index in [2.05, 4.69) is 10.6 Å². The third-order valence-corrected chi connectivity index (χ3v) is 4.92. The Morgan fingerprint density at radius 2 is 1.08 bits per heavy atom. The molecule has 0 atom stereocenters. The van der Waals surface area contributed by atoms with Crippen molar-refractivity contribution in [3.63, 3.8) is 0 Å². The number of rotatable bonds is 23. The molecule has 0 saturated heterocycles. The molecule has 36 heavy (non-hydrogen) atoms. The van der Waals surface area contributed by atoms with Gasteiger partial charge in [0.05, 0.1) is 6.42 Å². The van der Waals surface area contributed by atoms with Gasteiger partial charge in [-0.3, -0.25) is 19.2 Å². The Labute approximate surface area is 216 Å². The first kappa shape index (κ1) is 33.8. The van der Waals surface area contributed by atoms with Gasteiger partial charge >= 0.3 is 11.9 Å². The molecule has 0 unspecified atom stereocenters. The predicted octanol–water partition coefficient (Wildman–Crippen LogP) is 3.36. The Morgan fingerprint density at radius 1 is 0.611 bits per heavy atom. The summed E-state index contributed by atoms with van der Waals surface area (Å²) in [6.07, 6.45) is 7.48. The molecule has 0 spiro atoms. The van der Waals surface area contributed by atoms with Crippen molar-refractivity contribution in [1.29, 1.82) is 0 Å². The van der Waals surface area contributed by atoms with Gasteiger partial charge < -0.3 is 30.0 Å². The van der Waals surface area contributed by atoms with Crippen LogP contribution in [0.15, 0.2) is 0 Å². The Hall–Kier alpha value is -2.20. The number of ether oxygens (including phenoxy) is 3. The molecule has 210 valence electrons. The molecule has 0 aromatic carbocycles. The molecule has 0 aliphatic rings. The lowest BCUT2D eigenvalue weighted by atomic mass is 10.1. The van der Waals surface area contributed by atoms with Crippen LogP contribution in [0, 0.1) is 0 Å². The van der Waals surface area contributed by atoms with E-state index >= 15 is 0 Å². The molecular weight excluding hydrogens is 468 g/mol. The molecule has 0 saturated carbocycles. The van der Waals surface area contributed by atoms with Crippen LogP contribution < -0.4 is 10.6 Å². The molecule has 0 heterocycles. The average Bonchev–Trinajstić information content (AvgIpc) is 2.78. The van der Waals surface area contributed by atoms with E-state index in [4.69, 9.17) is 19.3 Å². The molecule has 10 nitrogen and oxygen atoms in total. The highest BCUT2D eigenvalue weighted by molar-refractivity contribution is 5.80. The molecule has 0 rings (SSSR count). The maximum atomic E-state index is 11.8. The van der Waals surface area contributed by atoms with Crippen LogP contribution in [0.2, 0.25) is 0 Å². The topological polar surface area (TPSA) is 140 Å². The largest absolute Gasteiger partial charge is 0.481 e. The lowest BCUT2D eigenvalue weighted by Gasteiger charge is -2.19. The number of esters is 1. The van der Waals surface area contributed by atoms with Gasteiger partial charge in [-0.15, -0.1) is 0 Å². The Morgan fingerprint density at radius 3 is 1.58 bits per heavy atom. The third-order valence-electron chi connectivity index (χ3n) is 4.92. The van der Waals surface area contributed by atoms with Crippen molar-refractivity contribution in [3.05, 3.63) is 0 Å². The minimum Gasteiger partial charge on any atom is -0.481 e. The molecule has 0 fully saturated rings. The number of carboxylic acid groups (broad SMARTS) is 1. The molecule has 3 N–H and O–H groups in total. The van der Waals surface area contributed by atoms with Crippen molar-refractivity contribution in [2.75, 3.05) is 39.5 Å². The first-order valence-electron chi connectivity index (χ1n) is 13.2. The molecule has 0 aromatic rings. The van der Waals surface area contributed by atoms with Crippen molar-refractivity contribution < 1.29 is 38.5 Å². The monoisotopic (exact) mass is 516 g/mol. The van der Waals surface area contributed by atoms with Crippen LogP contribution >= 0.6 is 0 Å². The maximum Gasteiger partial charge on any atom is 0.306 e. The van der Waals surface area contributed by atoms with Crippen molar-refractivity contribution >= 4 is 23.8 Å². The average molecular weight is 517 g/mol. The normalized spacial score (nSPS) is 11.2. The van der Waals surface area contributed by atoms with Crippen LogP contribution in [-0.4, -0.2) is 74.0 Å². The molecule has 0 radical (unpaired) electrons. The van der Waals surface area contributed by atoms with Gasteiger partial charge in [-0.05, 0) is 59.3 Å². The van der Waals surface area contributed by atoms with Crippen LogP contribution in [0.5, 0.6) is 0 Å². The standard InChI is InChI=1S/C26H48N2O8/c1-26(2,3)36-25(33)13-7-5-4-6-12-22(29)27-16-10-20-34-18-8-9-19-35-21-11-17-28-23(30)14-15-24(31)32/h4-21H2,1-3H3,(H,27,29)(H,28,30)(H,31,32). The number of unbranched alkanes of at least 4 members (excludes halogenated alkanes) is 4. The summed E-state index contributed by atoms with van der Waals surface area (Å²) in [5.74, 6) is -1.34. The highest BCUT2D eigenvalue weighted by Gasteiger charge is 2.15. The maximum absolute atomic E-state index is 11.8. The van der Waals surface area contributed by atoms with Gasteiger partial charge in [-0.25, -0.2) is 0 Å². The van der Waals surface area contributed by atoms with Crippen molar-refractivity contribution in [2.45, 2.75) is 103 Å². The molecule has 0 aromatic heterocycles. The van der Waals surface area contributed by atoms with E-state index in [1.54, 1.807) is 0 Å². The van der Waals surface area contributed by atoms with Crippen LogP contribution in [-0.2, 0) is 33.4 Å². The van der Waals surface area contributed by atoms with Crippen molar-refractivity contribution in [1.82, 2.24) is 10.6 Å². The van der Waals surface area contributed by atoms with E-state index in [0.717, 1.165) is 44.9 Å². The summed E-state index contributed by atoms with van der Waals surface area (Å²) >= 11 is 0. The summed E-state index contributed by atoms with van der Waals surface area (Å²) in [5.41, 5.74) is -0.437. The molecule has 0 aliphatic heterocycles. The zero-order chi connectivity index (χ0) is 27.1. The zero-order valence-corrected chi connectivity index (χ0v) is 22.5. The number of nitrogens with one attached hydrogen (secondary N) is 2. The summed E-state index contributed by atoms with van der Waals surface area (Å²) in [6, 6.07) is 0. The van der Waals surface area contributed by atoms with Crippen LogP contribution in [0.1, 0.15) is 97.8 Å². The Balaban J connectivity index is 3.31. The summed E-state index contributed by atoms with van der Waals surface area (Å²) in [4.78, 5) is 45.2. The molecule has 0 bridgehead atoms. The highest BCUT2D eigenvalue weighted by Crippen LogP contribution is 2.11. The van der Waals surface area contributed by atoms with Crippen molar-refractivity contribution in [2.24, 2.45) is 0 Å². The van der Waals surface area contributed by atoms with Gasteiger partial charge in [0.1, 0.15) is 5.60 Å². The quantitative estimate of drug-likeness (QED) is 0.139. The lowest BCUT2D eigenvalue weighted by molar-refractivity contribution is -0.155. The van der Waals surface area contributed by atoms with Gasteiger partial charge in [0.15, 0.2) is 0 Å². The van der Waals surface area contributed by atoms with E-state index in [-0.39, 0.29) is 30.6 Å². The summed E-state index contributed by atoms with van der Waals surface area (Å²) in [5, 5.41) is 14.1. The number of aliphatic carboxylic acids is 1. The number of hydrogen-bond acceptors (Lipinski definition) is 7. The molecule has 2 amide bonds. The van der Waals surface area contributed by atoms with Crippen LogP contribution in [0.4, 0.5) is 0 Å². The highest BCUT2D eigenvalue weighted by atomic mass is 16.6. The lowest BCUT2D eigenvalue weighted by Crippen LogP contribution is -2.25. The number of carbonyl (C=O) groups excluding carboxylic acids is 3. The molecule has 10 heteroatoms. The van der Waals surface area contributed by atoms with E-state index in [9.17, 15) is 19.2 Å². The van der Waals surface area contributed by atoms with Gasteiger partial charge in [-0.1, -0.05) is 12.8 Å². The summed E-state index contributed by atoms with van der Waals surface area (Å²) < 4.78 is 16.3. The minimum absolute atomic E-state index is 0.00245. The van der Waals surface area contributed by atoms with E-state index in [1.165, 1.54) is 0 Å².